The Balaban J connectivity index is 1.63. The van der Waals surface area contributed by atoms with Gasteiger partial charge in [-0.15, -0.1) is 0 Å². The highest BCUT2D eigenvalue weighted by molar-refractivity contribution is 5.76. The zero-order valence-corrected chi connectivity index (χ0v) is 18.3. The molecular formula is C28H30FNO2. The number of halogens is 1. The summed E-state index contributed by atoms with van der Waals surface area (Å²) in [7, 11) is 0. The van der Waals surface area contributed by atoms with Crippen LogP contribution in [0.5, 0.6) is 0 Å². The van der Waals surface area contributed by atoms with Crippen LogP contribution in [-0.4, -0.2) is 18.7 Å². The van der Waals surface area contributed by atoms with Gasteiger partial charge >= 0.3 is 0 Å². The molecule has 32 heavy (non-hydrogen) atoms. The van der Waals surface area contributed by atoms with E-state index in [1.54, 1.807) is 12.1 Å². The number of hydrogen-bond donors (Lipinski definition) is 1. The van der Waals surface area contributed by atoms with Crippen molar-refractivity contribution in [1.82, 2.24) is 5.32 Å². The van der Waals surface area contributed by atoms with E-state index in [-0.39, 0.29) is 17.1 Å². The average Bonchev–Trinajstić information content (AvgIpc) is 2.84. The highest BCUT2D eigenvalue weighted by atomic mass is 19.1. The molecule has 0 spiro atoms. The number of hydrogen-bond acceptors (Lipinski definition) is 2. The molecule has 0 aliphatic heterocycles. The van der Waals surface area contributed by atoms with Crippen LogP contribution in [0.3, 0.4) is 0 Å². The van der Waals surface area contributed by atoms with Crippen LogP contribution in [0, 0.1) is 5.82 Å². The molecule has 1 N–H and O–H groups in total. The molecule has 0 unspecified atom stereocenters. The third-order valence-corrected chi connectivity index (χ3v) is 6.00. The Kier molecular flexibility index (Phi) is 8.73. The number of nitrogens with one attached hydrogen (secondary N) is 1. The number of carbonyl (C=O) groups excluding carboxylic acids is 2. The van der Waals surface area contributed by atoms with Crippen molar-refractivity contribution in [2.24, 2.45) is 0 Å². The van der Waals surface area contributed by atoms with Gasteiger partial charge in [-0.2, -0.15) is 0 Å². The third-order valence-electron chi connectivity index (χ3n) is 6.00. The maximum atomic E-state index is 13.0. The molecule has 0 saturated heterocycles. The molecule has 0 aliphatic rings. The van der Waals surface area contributed by atoms with Crippen molar-refractivity contribution < 1.29 is 14.0 Å². The first kappa shape index (κ1) is 23.4. The van der Waals surface area contributed by atoms with Crippen LogP contribution in [-0.2, 0) is 21.4 Å². The minimum atomic E-state index is -0.276. The van der Waals surface area contributed by atoms with Gasteiger partial charge in [0.1, 0.15) is 12.1 Å². The van der Waals surface area contributed by atoms with Crippen LogP contribution in [0.2, 0.25) is 0 Å². The van der Waals surface area contributed by atoms with Crippen LogP contribution in [0.15, 0.2) is 84.9 Å². The zero-order chi connectivity index (χ0) is 22.7. The minimum absolute atomic E-state index is 0.00719. The number of benzene rings is 3. The van der Waals surface area contributed by atoms with Crippen molar-refractivity contribution in [3.63, 3.8) is 0 Å². The zero-order valence-electron chi connectivity index (χ0n) is 18.3. The van der Waals surface area contributed by atoms with E-state index in [0.29, 0.717) is 25.8 Å². The van der Waals surface area contributed by atoms with E-state index in [2.05, 4.69) is 29.6 Å². The Morgan fingerprint density at radius 2 is 1.44 bits per heavy atom. The molecule has 0 radical (unpaired) electrons. The Bertz CT molecular complexity index is 932. The largest absolute Gasteiger partial charge is 0.356 e. The molecule has 3 aromatic carbocycles. The van der Waals surface area contributed by atoms with Crippen molar-refractivity contribution in [2.75, 3.05) is 6.54 Å². The second kappa shape index (κ2) is 11.9. The van der Waals surface area contributed by atoms with Crippen molar-refractivity contribution in [1.29, 1.82) is 0 Å². The highest BCUT2D eigenvalue weighted by Crippen LogP contribution is 2.40. The Labute approximate surface area is 189 Å². The molecule has 4 heteroatoms. The molecule has 0 bridgehead atoms. The van der Waals surface area contributed by atoms with Gasteiger partial charge in [-0.3, -0.25) is 4.79 Å². The van der Waals surface area contributed by atoms with E-state index in [0.717, 1.165) is 31.1 Å². The monoisotopic (exact) mass is 431 g/mol. The maximum Gasteiger partial charge on any atom is 0.220 e. The lowest BCUT2D eigenvalue weighted by Crippen LogP contribution is -2.31. The predicted molar refractivity (Wildman–Crippen MR) is 126 cm³/mol. The number of amides is 1. The van der Waals surface area contributed by atoms with Gasteiger partial charge < -0.3 is 10.1 Å². The summed E-state index contributed by atoms with van der Waals surface area (Å²) in [6, 6.07) is 26.9. The number of aldehydes is 1. The second-order valence-corrected chi connectivity index (χ2v) is 8.10. The smallest absolute Gasteiger partial charge is 0.220 e. The average molecular weight is 432 g/mol. The summed E-state index contributed by atoms with van der Waals surface area (Å²) in [6.07, 6.45) is 4.77. The number of rotatable bonds is 12. The lowest BCUT2D eigenvalue weighted by atomic mass is 9.68. The summed E-state index contributed by atoms with van der Waals surface area (Å²) in [6.45, 7) is 0.574. The first-order valence-electron chi connectivity index (χ1n) is 11.2. The van der Waals surface area contributed by atoms with Crippen LogP contribution >= 0.6 is 0 Å². The van der Waals surface area contributed by atoms with Crippen molar-refractivity contribution in [2.45, 2.75) is 43.9 Å². The fraction of sp³-hybridized carbons (Fsp3) is 0.286. The van der Waals surface area contributed by atoms with Gasteiger partial charge in [0.05, 0.1) is 0 Å². The number of aryl methyl sites for hydroxylation is 1. The summed E-state index contributed by atoms with van der Waals surface area (Å²) < 4.78 is 13.0. The van der Waals surface area contributed by atoms with Crippen LogP contribution in [0.25, 0.3) is 0 Å². The molecule has 0 fully saturated rings. The van der Waals surface area contributed by atoms with Gasteiger partial charge in [0.25, 0.3) is 0 Å². The van der Waals surface area contributed by atoms with Gasteiger partial charge in [-0.1, -0.05) is 72.8 Å². The maximum absolute atomic E-state index is 13.0. The first-order valence-corrected chi connectivity index (χ1v) is 11.2. The minimum Gasteiger partial charge on any atom is -0.356 e. The number of carbonyl (C=O) groups is 2. The summed E-state index contributed by atoms with van der Waals surface area (Å²) >= 11 is 0. The second-order valence-electron chi connectivity index (χ2n) is 8.10. The molecule has 3 nitrogen and oxygen atoms in total. The summed E-state index contributed by atoms with van der Waals surface area (Å²) in [4.78, 5) is 23.6. The summed E-state index contributed by atoms with van der Waals surface area (Å²) in [5.74, 6) is -0.277. The van der Waals surface area contributed by atoms with Gasteiger partial charge in [0, 0.05) is 24.8 Å². The Morgan fingerprint density at radius 3 is 2.00 bits per heavy atom. The fourth-order valence-corrected chi connectivity index (χ4v) is 4.30. The molecular weight excluding hydrogens is 401 g/mol. The normalized spacial score (nSPS) is 11.2. The van der Waals surface area contributed by atoms with E-state index in [1.807, 2.05) is 36.4 Å². The van der Waals surface area contributed by atoms with E-state index in [1.165, 1.54) is 23.3 Å². The Morgan fingerprint density at radius 1 is 0.844 bits per heavy atom. The van der Waals surface area contributed by atoms with Crippen molar-refractivity contribution >= 4 is 12.2 Å². The molecule has 0 saturated carbocycles. The van der Waals surface area contributed by atoms with Gasteiger partial charge in [0.2, 0.25) is 5.91 Å². The van der Waals surface area contributed by atoms with E-state index in [9.17, 15) is 14.0 Å². The first-order chi connectivity index (χ1) is 15.6. The molecule has 0 heterocycles. The SMILES string of the molecule is O=CCCC(CCCNC(=O)CCc1ccc(F)cc1)(c1ccccc1)c1ccccc1. The lowest BCUT2D eigenvalue weighted by Gasteiger charge is -2.35. The molecule has 3 rings (SSSR count). The Hall–Kier alpha value is -3.27. The molecule has 3 aromatic rings. The molecule has 166 valence electrons. The van der Waals surface area contributed by atoms with E-state index >= 15 is 0 Å². The molecule has 0 aromatic heterocycles. The van der Waals surface area contributed by atoms with Gasteiger partial charge in [0.15, 0.2) is 0 Å². The van der Waals surface area contributed by atoms with E-state index in [4.69, 9.17) is 0 Å². The molecule has 0 aliphatic carbocycles. The topological polar surface area (TPSA) is 46.2 Å². The van der Waals surface area contributed by atoms with E-state index < -0.39 is 0 Å². The fourth-order valence-electron chi connectivity index (χ4n) is 4.30. The summed E-state index contributed by atoms with van der Waals surface area (Å²) in [5.41, 5.74) is 3.05. The van der Waals surface area contributed by atoms with Gasteiger partial charge in [-0.05, 0) is 54.5 Å². The van der Waals surface area contributed by atoms with Crippen LogP contribution < -0.4 is 5.32 Å². The lowest BCUT2D eigenvalue weighted by molar-refractivity contribution is -0.121. The van der Waals surface area contributed by atoms with Gasteiger partial charge in [-0.25, -0.2) is 4.39 Å². The van der Waals surface area contributed by atoms with Crippen molar-refractivity contribution in [3.05, 3.63) is 107 Å². The third kappa shape index (κ3) is 6.36. The van der Waals surface area contributed by atoms with Crippen molar-refractivity contribution in [3.8, 4) is 0 Å². The molecule has 0 atom stereocenters. The van der Waals surface area contributed by atoms with Crippen LogP contribution in [0.1, 0.15) is 48.8 Å². The predicted octanol–water partition coefficient (Wildman–Crippen LogP) is 5.62. The van der Waals surface area contributed by atoms with Crippen LogP contribution in [0.4, 0.5) is 4.39 Å². The standard InChI is InChI=1S/C28H30FNO2/c29-26-16-13-23(14-17-26)15-18-27(32)30-21-7-19-28(20-8-22-31,24-9-3-1-4-10-24)25-11-5-2-6-12-25/h1-6,9-14,16-17,22H,7-8,15,18-21H2,(H,30,32). The summed E-state index contributed by atoms with van der Waals surface area (Å²) in [5, 5.41) is 3.01. The highest BCUT2D eigenvalue weighted by Gasteiger charge is 2.33. The molecule has 1 amide bonds. The quantitative estimate of drug-likeness (QED) is 0.299.